The van der Waals surface area contributed by atoms with E-state index in [1.165, 1.54) is 10.7 Å². The van der Waals surface area contributed by atoms with E-state index < -0.39 is 10.0 Å². The molecular formula is C10H10Cl2N4O3S. The van der Waals surface area contributed by atoms with E-state index in [1.54, 1.807) is 13.2 Å². The van der Waals surface area contributed by atoms with E-state index in [4.69, 9.17) is 33.1 Å². The van der Waals surface area contributed by atoms with Crippen molar-refractivity contribution in [2.75, 3.05) is 0 Å². The molecule has 0 bridgehead atoms. The van der Waals surface area contributed by atoms with Gasteiger partial charge in [0, 0.05) is 13.1 Å². The SMILES string of the molecule is Cn1cc(COc2cc(Cl)c(S(N)(=O)=O)cc2Cl)nn1. The number of rotatable bonds is 4. The Morgan fingerprint density at radius 2 is 2.05 bits per heavy atom. The van der Waals surface area contributed by atoms with Crippen molar-refractivity contribution in [1.29, 1.82) is 0 Å². The Balaban J connectivity index is 2.23. The number of nitrogens with two attached hydrogens (primary N) is 1. The van der Waals surface area contributed by atoms with E-state index >= 15 is 0 Å². The van der Waals surface area contributed by atoms with Crippen LogP contribution in [0.15, 0.2) is 23.2 Å². The first-order valence-electron chi connectivity index (χ1n) is 5.27. The minimum Gasteiger partial charge on any atom is -0.486 e. The largest absolute Gasteiger partial charge is 0.486 e. The monoisotopic (exact) mass is 336 g/mol. The Labute approximate surface area is 125 Å². The number of aromatic nitrogens is 3. The van der Waals surface area contributed by atoms with Gasteiger partial charge in [0.05, 0.1) is 16.2 Å². The summed E-state index contributed by atoms with van der Waals surface area (Å²) in [5.41, 5.74) is 0.593. The summed E-state index contributed by atoms with van der Waals surface area (Å²) in [5.74, 6) is 0.231. The van der Waals surface area contributed by atoms with Crippen LogP contribution in [0.5, 0.6) is 5.75 Å². The van der Waals surface area contributed by atoms with Gasteiger partial charge in [-0.25, -0.2) is 13.6 Å². The molecule has 0 saturated heterocycles. The quantitative estimate of drug-likeness (QED) is 0.908. The lowest BCUT2D eigenvalue weighted by Crippen LogP contribution is -2.13. The average Bonchev–Trinajstić information content (AvgIpc) is 2.74. The van der Waals surface area contributed by atoms with Crippen LogP contribution in [0.25, 0.3) is 0 Å². The fraction of sp³-hybridized carbons (Fsp3) is 0.200. The van der Waals surface area contributed by atoms with Gasteiger partial charge in [-0.2, -0.15) is 0 Å². The van der Waals surface area contributed by atoms with E-state index in [0.717, 1.165) is 6.07 Å². The molecule has 2 N–H and O–H groups in total. The highest BCUT2D eigenvalue weighted by molar-refractivity contribution is 7.89. The van der Waals surface area contributed by atoms with Crippen LogP contribution in [0.3, 0.4) is 0 Å². The number of nitrogens with zero attached hydrogens (tertiary/aromatic N) is 3. The number of halogens is 2. The van der Waals surface area contributed by atoms with Crippen LogP contribution in [0, 0.1) is 0 Å². The molecule has 10 heteroatoms. The molecule has 0 amide bonds. The van der Waals surface area contributed by atoms with Gasteiger partial charge in [-0.1, -0.05) is 28.4 Å². The van der Waals surface area contributed by atoms with Crippen LogP contribution < -0.4 is 9.88 Å². The maximum atomic E-state index is 11.3. The molecule has 0 atom stereocenters. The Morgan fingerprint density at radius 1 is 1.35 bits per heavy atom. The highest BCUT2D eigenvalue weighted by atomic mass is 35.5. The molecule has 0 radical (unpaired) electrons. The van der Waals surface area contributed by atoms with E-state index in [0.29, 0.717) is 5.69 Å². The van der Waals surface area contributed by atoms with Gasteiger partial charge >= 0.3 is 0 Å². The van der Waals surface area contributed by atoms with Crippen molar-refractivity contribution in [3.05, 3.63) is 34.1 Å². The zero-order chi connectivity index (χ0) is 14.9. The van der Waals surface area contributed by atoms with Crippen molar-refractivity contribution < 1.29 is 13.2 Å². The maximum absolute atomic E-state index is 11.3. The Morgan fingerprint density at radius 3 is 2.60 bits per heavy atom. The lowest BCUT2D eigenvalue weighted by molar-refractivity contribution is 0.301. The molecule has 2 rings (SSSR count). The number of ether oxygens (including phenoxy) is 1. The molecule has 7 nitrogen and oxygen atoms in total. The first kappa shape index (κ1) is 15.0. The molecule has 1 aromatic heterocycles. The fourth-order valence-electron chi connectivity index (χ4n) is 1.45. The third-order valence-corrected chi connectivity index (χ3v) is 3.99. The lowest BCUT2D eigenvalue weighted by atomic mass is 10.3. The van der Waals surface area contributed by atoms with Crippen molar-refractivity contribution in [2.24, 2.45) is 12.2 Å². The van der Waals surface area contributed by atoms with Gasteiger partial charge in [-0.15, -0.1) is 5.10 Å². The summed E-state index contributed by atoms with van der Waals surface area (Å²) in [6.45, 7) is 0.124. The second-order valence-corrected chi connectivity index (χ2v) is 6.27. The molecule has 0 unspecified atom stereocenters. The van der Waals surface area contributed by atoms with Gasteiger partial charge < -0.3 is 4.74 Å². The van der Waals surface area contributed by atoms with Crippen molar-refractivity contribution in [3.8, 4) is 5.75 Å². The molecule has 0 aliphatic rings. The summed E-state index contributed by atoms with van der Waals surface area (Å²) < 4.78 is 29.5. The van der Waals surface area contributed by atoms with Crippen LogP contribution >= 0.6 is 23.2 Å². The summed E-state index contributed by atoms with van der Waals surface area (Å²) >= 11 is 11.8. The Bertz CT molecular complexity index is 745. The second-order valence-electron chi connectivity index (χ2n) is 3.93. The maximum Gasteiger partial charge on any atom is 0.239 e. The zero-order valence-electron chi connectivity index (χ0n) is 10.2. The molecule has 0 spiro atoms. The first-order chi connectivity index (χ1) is 9.27. The molecule has 20 heavy (non-hydrogen) atoms. The Kier molecular flexibility index (Phi) is 4.19. The molecule has 108 valence electrons. The van der Waals surface area contributed by atoms with E-state index in [1.807, 2.05) is 0 Å². The minimum absolute atomic E-state index is 0.0638. The molecule has 0 aliphatic heterocycles. The number of benzene rings is 1. The van der Waals surface area contributed by atoms with Crippen molar-refractivity contribution >= 4 is 33.2 Å². The fourth-order valence-corrected chi connectivity index (χ4v) is 2.82. The second kappa shape index (κ2) is 5.57. The highest BCUT2D eigenvalue weighted by Gasteiger charge is 2.17. The number of hydrogen-bond donors (Lipinski definition) is 1. The summed E-state index contributed by atoms with van der Waals surface area (Å²) in [4.78, 5) is -0.254. The minimum atomic E-state index is -3.93. The van der Waals surface area contributed by atoms with E-state index in [2.05, 4.69) is 10.3 Å². The van der Waals surface area contributed by atoms with Gasteiger partial charge in [-0.05, 0) is 6.07 Å². The van der Waals surface area contributed by atoms with Gasteiger partial charge in [0.25, 0.3) is 0 Å². The summed E-state index contributed by atoms with van der Waals surface area (Å²) in [6.07, 6.45) is 1.67. The van der Waals surface area contributed by atoms with Gasteiger partial charge in [0.1, 0.15) is 22.9 Å². The predicted molar refractivity (Wildman–Crippen MR) is 73.2 cm³/mol. The first-order valence-corrected chi connectivity index (χ1v) is 7.57. The van der Waals surface area contributed by atoms with Gasteiger partial charge in [-0.3, -0.25) is 4.68 Å². The molecule has 1 aromatic carbocycles. The zero-order valence-corrected chi connectivity index (χ0v) is 12.6. The molecular weight excluding hydrogens is 327 g/mol. The van der Waals surface area contributed by atoms with E-state index in [9.17, 15) is 8.42 Å². The Hall–Kier alpha value is -1.35. The summed E-state index contributed by atoms with van der Waals surface area (Å²) in [6, 6.07) is 2.44. The number of sulfonamides is 1. The molecule has 1 heterocycles. The molecule has 0 saturated carbocycles. The van der Waals surface area contributed by atoms with Crippen LogP contribution in [0.2, 0.25) is 10.0 Å². The van der Waals surface area contributed by atoms with Crippen LogP contribution in [0.1, 0.15) is 5.69 Å². The third kappa shape index (κ3) is 3.40. The van der Waals surface area contributed by atoms with Crippen LogP contribution in [0.4, 0.5) is 0 Å². The topological polar surface area (TPSA) is 100 Å². The van der Waals surface area contributed by atoms with Crippen LogP contribution in [-0.4, -0.2) is 23.4 Å². The standard InChI is InChI=1S/C10H10Cl2N4O3S/c1-16-4-6(14-15-16)5-19-9-2-8(12)10(3-7(9)11)20(13,17)18/h2-4H,5H2,1H3,(H2,13,17,18). The summed E-state index contributed by atoms with van der Waals surface area (Å²) in [7, 11) is -2.21. The third-order valence-electron chi connectivity index (χ3n) is 2.32. The summed E-state index contributed by atoms with van der Waals surface area (Å²) in [5, 5.41) is 12.6. The van der Waals surface area contributed by atoms with Gasteiger partial charge in [0.2, 0.25) is 10.0 Å². The number of hydrogen-bond acceptors (Lipinski definition) is 5. The van der Waals surface area contributed by atoms with Crippen molar-refractivity contribution in [1.82, 2.24) is 15.0 Å². The van der Waals surface area contributed by atoms with Crippen molar-refractivity contribution in [3.63, 3.8) is 0 Å². The highest BCUT2D eigenvalue weighted by Crippen LogP contribution is 2.33. The van der Waals surface area contributed by atoms with E-state index in [-0.39, 0.29) is 27.3 Å². The molecule has 0 fully saturated rings. The molecule has 2 aromatic rings. The van der Waals surface area contributed by atoms with Crippen molar-refractivity contribution in [2.45, 2.75) is 11.5 Å². The smallest absolute Gasteiger partial charge is 0.239 e. The normalized spacial score (nSPS) is 11.6. The predicted octanol–water partition coefficient (Wildman–Crippen LogP) is 1.35. The average molecular weight is 337 g/mol. The molecule has 0 aliphatic carbocycles. The van der Waals surface area contributed by atoms with Crippen LogP contribution in [-0.2, 0) is 23.7 Å². The number of primary sulfonamides is 1. The van der Waals surface area contributed by atoms with Gasteiger partial charge in [0.15, 0.2) is 0 Å². The number of aryl methyl sites for hydroxylation is 1. The lowest BCUT2D eigenvalue weighted by Gasteiger charge is -2.09.